The number of benzene rings is 2. The molecule has 6 heteroatoms. The summed E-state index contributed by atoms with van der Waals surface area (Å²) < 4.78 is 10.5. The quantitative estimate of drug-likeness (QED) is 0.441. The molecule has 3 rings (SSSR count). The summed E-state index contributed by atoms with van der Waals surface area (Å²) in [5.74, 6) is 1.45. The van der Waals surface area contributed by atoms with Crippen LogP contribution in [0, 0.1) is 25.2 Å². The van der Waals surface area contributed by atoms with Gasteiger partial charge in [0.1, 0.15) is 5.75 Å². The van der Waals surface area contributed by atoms with E-state index in [1.54, 1.807) is 0 Å². The van der Waals surface area contributed by atoms with Crippen LogP contribution in [0.4, 0.5) is 0 Å². The van der Waals surface area contributed by atoms with Gasteiger partial charge in [-0.15, -0.1) is 0 Å². The molecular formula is C25H30N4OS. The van der Waals surface area contributed by atoms with Gasteiger partial charge < -0.3 is 9.64 Å². The van der Waals surface area contributed by atoms with Crippen molar-refractivity contribution < 1.29 is 4.74 Å². The largest absolute Gasteiger partial charge is 0.430 e. The number of nitriles is 1. The highest BCUT2D eigenvalue weighted by Crippen LogP contribution is 2.32. The lowest BCUT2D eigenvalue weighted by Gasteiger charge is -2.16. The highest BCUT2D eigenvalue weighted by Gasteiger charge is 2.20. The SMILES string of the molecule is CCN(C)CCc1cc(C)c(Oc2nc(-c3ccc(C(C)(C)C#N)cc3)ns2)cc1C. The highest BCUT2D eigenvalue weighted by atomic mass is 32.1. The third-order valence-electron chi connectivity index (χ3n) is 5.69. The summed E-state index contributed by atoms with van der Waals surface area (Å²) in [5.41, 5.74) is 5.04. The summed E-state index contributed by atoms with van der Waals surface area (Å²) >= 11 is 1.25. The molecule has 0 saturated heterocycles. The van der Waals surface area contributed by atoms with E-state index in [1.807, 2.05) is 38.1 Å². The van der Waals surface area contributed by atoms with Crippen LogP contribution in [-0.4, -0.2) is 34.4 Å². The van der Waals surface area contributed by atoms with Gasteiger partial charge in [-0.3, -0.25) is 0 Å². The molecule has 1 aromatic heterocycles. The maximum atomic E-state index is 9.31. The highest BCUT2D eigenvalue weighted by molar-refractivity contribution is 7.07. The smallest absolute Gasteiger partial charge is 0.299 e. The van der Waals surface area contributed by atoms with Gasteiger partial charge in [-0.1, -0.05) is 37.3 Å². The second kappa shape index (κ2) is 9.59. The molecule has 0 fully saturated rings. The molecule has 2 aromatic carbocycles. The lowest BCUT2D eigenvalue weighted by molar-refractivity contribution is 0.357. The first-order valence-electron chi connectivity index (χ1n) is 10.6. The lowest BCUT2D eigenvalue weighted by atomic mass is 9.86. The van der Waals surface area contributed by atoms with Gasteiger partial charge in [-0.05, 0) is 76.0 Å². The van der Waals surface area contributed by atoms with E-state index in [0.29, 0.717) is 11.0 Å². The fourth-order valence-electron chi connectivity index (χ4n) is 3.26. The molecule has 0 aliphatic carbocycles. The average Bonchev–Trinajstić information content (AvgIpc) is 3.23. The Morgan fingerprint density at radius 1 is 1.13 bits per heavy atom. The number of hydrogen-bond acceptors (Lipinski definition) is 6. The Balaban J connectivity index is 1.74. The first kappa shape index (κ1) is 22.9. The lowest BCUT2D eigenvalue weighted by Crippen LogP contribution is -2.20. The monoisotopic (exact) mass is 434 g/mol. The Kier molecular flexibility index (Phi) is 7.09. The second-order valence-corrected chi connectivity index (χ2v) is 9.20. The molecule has 5 nitrogen and oxygen atoms in total. The van der Waals surface area contributed by atoms with Crippen molar-refractivity contribution in [3.8, 4) is 28.4 Å². The molecule has 0 spiro atoms. The van der Waals surface area contributed by atoms with E-state index in [9.17, 15) is 5.26 Å². The molecule has 1 heterocycles. The zero-order valence-electron chi connectivity index (χ0n) is 19.2. The minimum absolute atomic E-state index is 0.518. The molecule has 0 atom stereocenters. The van der Waals surface area contributed by atoms with Crippen LogP contribution in [0.25, 0.3) is 11.4 Å². The van der Waals surface area contributed by atoms with Crippen molar-refractivity contribution in [3.63, 3.8) is 0 Å². The number of ether oxygens (including phenoxy) is 1. The van der Waals surface area contributed by atoms with Gasteiger partial charge in [0.15, 0.2) is 5.82 Å². The fourth-order valence-corrected chi connectivity index (χ4v) is 3.83. The minimum atomic E-state index is -0.518. The molecule has 0 amide bonds. The Morgan fingerprint density at radius 3 is 2.48 bits per heavy atom. The third kappa shape index (κ3) is 5.49. The predicted octanol–water partition coefficient (Wildman–Crippen LogP) is 5.91. The van der Waals surface area contributed by atoms with E-state index >= 15 is 0 Å². The van der Waals surface area contributed by atoms with E-state index in [0.717, 1.165) is 42.0 Å². The first-order chi connectivity index (χ1) is 14.7. The molecule has 0 aliphatic heterocycles. The van der Waals surface area contributed by atoms with E-state index in [4.69, 9.17) is 4.74 Å². The molecule has 0 bridgehead atoms. The van der Waals surface area contributed by atoms with Crippen molar-refractivity contribution in [1.82, 2.24) is 14.3 Å². The standard InChI is InChI=1S/C25H30N4OS/c1-7-29(6)13-12-20-14-18(3)22(15-17(20)2)30-24-27-23(28-31-24)19-8-10-21(11-9-19)25(4,5)16-26/h8-11,14-15H,7,12-13H2,1-6H3. The molecule has 0 saturated carbocycles. The van der Waals surface area contributed by atoms with Gasteiger partial charge in [-0.25, -0.2) is 0 Å². The zero-order valence-corrected chi connectivity index (χ0v) is 20.0. The number of aromatic nitrogens is 2. The van der Waals surface area contributed by atoms with Gasteiger partial charge in [0.25, 0.3) is 5.19 Å². The number of nitrogens with zero attached hydrogens (tertiary/aromatic N) is 4. The van der Waals surface area contributed by atoms with Gasteiger partial charge in [0.2, 0.25) is 0 Å². The average molecular weight is 435 g/mol. The van der Waals surface area contributed by atoms with Crippen LogP contribution in [0.3, 0.4) is 0 Å². The number of aryl methyl sites for hydroxylation is 2. The van der Waals surface area contributed by atoms with Gasteiger partial charge in [0, 0.05) is 23.6 Å². The third-order valence-corrected chi connectivity index (χ3v) is 6.28. The van der Waals surface area contributed by atoms with Crippen molar-refractivity contribution in [2.24, 2.45) is 0 Å². The zero-order chi connectivity index (χ0) is 22.6. The Hall–Kier alpha value is -2.75. The van der Waals surface area contributed by atoms with Crippen LogP contribution in [-0.2, 0) is 11.8 Å². The maximum absolute atomic E-state index is 9.31. The summed E-state index contributed by atoms with van der Waals surface area (Å²) in [4.78, 5) is 6.88. The van der Waals surface area contributed by atoms with Crippen molar-refractivity contribution in [3.05, 3.63) is 58.7 Å². The summed E-state index contributed by atoms with van der Waals surface area (Å²) in [6.45, 7) is 12.3. The van der Waals surface area contributed by atoms with Crippen molar-refractivity contribution in [2.75, 3.05) is 20.1 Å². The molecule has 3 aromatic rings. The van der Waals surface area contributed by atoms with Crippen LogP contribution in [0.5, 0.6) is 10.9 Å². The number of hydrogen-bond donors (Lipinski definition) is 0. The maximum Gasteiger partial charge on any atom is 0.299 e. The van der Waals surface area contributed by atoms with Crippen LogP contribution in [0.15, 0.2) is 36.4 Å². The van der Waals surface area contributed by atoms with Crippen LogP contribution in [0.2, 0.25) is 0 Å². The normalized spacial score (nSPS) is 11.5. The van der Waals surface area contributed by atoms with Gasteiger partial charge >= 0.3 is 0 Å². The summed E-state index contributed by atoms with van der Waals surface area (Å²) in [6.07, 6.45) is 1.03. The molecule has 162 valence electrons. The van der Waals surface area contributed by atoms with Crippen molar-refractivity contribution in [2.45, 2.75) is 46.5 Å². The van der Waals surface area contributed by atoms with Crippen LogP contribution >= 0.6 is 11.5 Å². The molecule has 0 aliphatic rings. The van der Waals surface area contributed by atoms with Crippen molar-refractivity contribution >= 4 is 11.5 Å². The molecule has 0 radical (unpaired) electrons. The van der Waals surface area contributed by atoms with E-state index < -0.39 is 5.41 Å². The Bertz CT molecular complexity index is 1080. The number of rotatable bonds is 8. The second-order valence-electron chi connectivity index (χ2n) is 8.49. The predicted molar refractivity (Wildman–Crippen MR) is 127 cm³/mol. The van der Waals surface area contributed by atoms with Gasteiger partial charge in [0.05, 0.1) is 11.5 Å². The van der Waals surface area contributed by atoms with Crippen LogP contribution in [0.1, 0.15) is 43.0 Å². The fraction of sp³-hybridized carbons (Fsp3) is 0.400. The van der Waals surface area contributed by atoms with Gasteiger partial charge in [-0.2, -0.15) is 14.6 Å². The van der Waals surface area contributed by atoms with Crippen molar-refractivity contribution in [1.29, 1.82) is 5.26 Å². The van der Waals surface area contributed by atoms with E-state index in [-0.39, 0.29) is 0 Å². The molecular weight excluding hydrogens is 404 g/mol. The summed E-state index contributed by atoms with van der Waals surface area (Å²) in [5, 5.41) is 9.84. The van der Waals surface area contributed by atoms with E-state index in [2.05, 4.69) is 60.3 Å². The van der Waals surface area contributed by atoms with Crippen LogP contribution < -0.4 is 4.74 Å². The first-order valence-corrected chi connectivity index (χ1v) is 11.3. The molecule has 0 unspecified atom stereocenters. The number of likely N-dealkylation sites (N-methyl/N-ethyl adjacent to an activating group) is 1. The topological polar surface area (TPSA) is 62.0 Å². The Morgan fingerprint density at radius 2 is 1.84 bits per heavy atom. The summed E-state index contributed by atoms with van der Waals surface area (Å²) in [6, 6.07) is 14.5. The Labute approximate surface area is 189 Å². The minimum Gasteiger partial charge on any atom is -0.430 e. The molecule has 31 heavy (non-hydrogen) atoms. The summed E-state index contributed by atoms with van der Waals surface area (Å²) in [7, 11) is 2.14. The molecule has 0 N–H and O–H groups in total. The van der Waals surface area contributed by atoms with E-state index in [1.165, 1.54) is 22.7 Å².